The van der Waals surface area contributed by atoms with Crippen LogP contribution >= 0.6 is 11.8 Å². The van der Waals surface area contributed by atoms with E-state index < -0.39 is 0 Å². The van der Waals surface area contributed by atoms with Gasteiger partial charge in [-0.05, 0) is 25.2 Å². The van der Waals surface area contributed by atoms with Crippen LogP contribution in [0.4, 0.5) is 5.82 Å². The van der Waals surface area contributed by atoms with Crippen LogP contribution in [-0.4, -0.2) is 34.3 Å². The Balaban J connectivity index is 1.59. The third kappa shape index (κ3) is 5.41. The highest BCUT2D eigenvalue weighted by atomic mass is 32.2. The molecule has 134 valence electrons. The van der Waals surface area contributed by atoms with Crippen LogP contribution in [0, 0.1) is 0 Å². The summed E-state index contributed by atoms with van der Waals surface area (Å²) in [4.78, 5) is 15.8. The highest BCUT2D eigenvalue weighted by Crippen LogP contribution is 2.21. The van der Waals surface area contributed by atoms with Gasteiger partial charge in [0.1, 0.15) is 5.82 Å². The number of hydrogen-bond donors (Lipinski definition) is 1. The van der Waals surface area contributed by atoms with Crippen molar-refractivity contribution in [3.8, 4) is 0 Å². The highest BCUT2D eigenvalue weighted by Gasteiger charge is 2.13. The van der Waals surface area contributed by atoms with Crippen LogP contribution in [0.25, 0.3) is 0 Å². The molecule has 1 aliphatic rings. The zero-order valence-corrected chi connectivity index (χ0v) is 15.8. The van der Waals surface area contributed by atoms with Gasteiger partial charge in [-0.2, -0.15) is 0 Å². The van der Waals surface area contributed by atoms with Crippen LogP contribution < -0.4 is 10.2 Å². The topological polar surface area (TPSA) is 53.9 Å². The van der Waals surface area contributed by atoms with Gasteiger partial charge < -0.3 is 10.2 Å². The zero-order chi connectivity index (χ0) is 17.3. The van der Waals surface area contributed by atoms with Crippen molar-refractivity contribution in [2.24, 2.45) is 0 Å². The van der Waals surface area contributed by atoms with Crippen molar-refractivity contribution in [1.82, 2.24) is 20.3 Å². The van der Waals surface area contributed by atoms with Crippen molar-refractivity contribution >= 4 is 17.6 Å². The molecule has 0 aliphatic carbocycles. The molecule has 2 aromatic heterocycles. The number of nitrogens with one attached hydrogen (secondary N) is 1. The molecular weight excluding hydrogens is 330 g/mol. The molecule has 0 unspecified atom stereocenters. The number of hydrogen-bond acceptors (Lipinski definition) is 6. The lowest BCUT2D eigenvalue weighted by molar-refractivity contribution is 0.551. The van der Waals surface area contributed by atoms with E-state index in [2.05, 4.69) is 31.2 Å². The second-order valence-corrected chi connectivity index (χ2v) is 7.20. The Labute approximate surface area is 154 Å². The first-order chi connectivity index (χ1) is 12.4. The standard InChI is InChI=1S/C19H27N5S/c1-25-19-22-13-16(14-23-19)12-20-15-17-8-7-9-21-18(17)24-10-5-3-2-4-6-11-24/h7-9,13-14,20H,2-6,10-12,15H2,1H3. The summed E-state index contributed by atoms with van der Waals surface area (Å²) in [5.41, 5.74) is 2.37. The normalized spacial score (nSPS) is 15.6. The number of thioether (sulfide) groups is 1. The van der Waals surface area contributed by atoms with Gasteiger partial charge in [0.15, 0.2) is 5.16 Å². The van der Waals surface area contributed by atoms with Crippen LogP contribution in [-0.2, 0) is 13.1 Å². The minimum Gasteiger partial charge on any atom is -0.356 e. The van der Waals surface area contributed by atoms with Crippen molar-refractivity contribution in [2.75, 3.05) is 24.2 Å². The molecular formula is C19H27N5S. The fourth-order valence-corrected chi connectivity index (χ4v) is 3.51. The zero-order valence-electron chi connectivity index (χ0n) is 14.9. The van der Waals surface area contributed by atoms with Gasteiger partial charge in [0.25, 0.3) is 0 Å². The number of nitrogens with zero attached hydrogens (tertiary/aromatic N) is 4. The Hall–Kier alpha value is -1.66. The SMILES string of the molecule is CSc1ncc(CNCc2cccnc2N2CCCCCCC2)cn1. The largest absolute Gasteiger partial charge is 0.356 e. The lowest BCUT2D eigenvalue weighted by Gasteiger charge is -2.27. The average Bonchev–Trinajstić information content (AvgIpc) is 2.63. The Morgan fingerprint density at radius 1 is 1.00 bits per heavy atom. The predicted molar refractivity (Wildman–Crippen MR) is 104 cm³/mol. The van der Waals surface area contributed by atoms with Crippen LogP contribution in [0.5, 0.6) is 0 Å². The number of aromatic nitrogens is 3. The van der Waals surface area contributed by atoms with E-state index in [4.69, 9.17) is 0 Å². The molecule has 0 saturated carbocycles. The molecule has 6 heteroatoms. The van der Waals surface area contributed by atoms with Gasteiger partial charge in [0, 0.05) is 55.9 Å². The molecule has 3 rings (SSSR count). The summed E-state index contributed by atoms with van der Waals surface area (Å²) >= 11 is 1.56. The van der Waals surface area contributed by atoms with E-state index in [-0.39, 0.29) is 0 Å². The van der Waals surface area contributed by atoms with Gasteiger partial charge in [-0.25, -0.2) is 15.0 Å². The van der Waals surface area contributed by atoms with E-state index in [0.717, 1.165) is 42.7 Å². The maximum Gasteiger partial charge on any atom is 0.187 e. The molecule has 5 nitrogen and oxygen atoms in total. The molecule has 1 aliphatic heterocycles. The molecule has 25 heavy (non-hydrogen) atoms. The molecule has 0 spiro atoms. The van der Waals surface area contributed by atoms with Crippen molar-refractivity contribution in [3.05, 3.63) is 41.9 Å². The third-order valence-corrected chi connectivity index (χ3v) is 5.11. The molecule has 3 heterocycles. The van der Waals surface area contributed by atoms with E-state index in [9.17, 15) is 0 Å². The second-order valence-electron chi connectivity index (χ2n) is 6.42. The Bertz CT molecular complexity index is 639. The maximum absolute atomic E-state index is 4.68. The summed E-state index contributed by atoms with van der Waals surface area (Å²) in [7, 11) is 0. The average molecular weight is 358 g/mol. The molecule has 0 amide bonds. The molecule has 1 saturated heterocycles. The summed E-state index contributed by atoms with van der Waals surface area (Å²) in [5, 5.41) is 4.32. The van der Waals surface area contributed by atoms with Crippen LogP contribution in [0.3, 0.4) is 0 Å². The summed E-state index contributed by atoms with van der Waals surface area (Å²) in [6, 6.07) is 4.21. The molecule has 1 fully saturated rings. The molecule has 1 N–H and O–H groups in total. The van der Waals surface area contributed by atoms with Gasteiger partial charge in [0.2, 0.25) is 0 Å². The molecule has 0 radical (unpaired) electrons. The van der Waals surface area contributed by atoms with Crippen molar-refractivity contribution in [1.29, 1.82) is 0 Å². The monoisotopic (exact) mass is 357 g/mol. The summed E-state index contributed by atoms with van der Waals surface area (Å²) < 4.78 is 0. The van der Waals surface area contributed by atoms with E-state index in [1.54, 1.807) is 11.8 Å². The number of rotatable bonds is 6. The van der Waals surface area contributed by atoms with Gasteiger partial charge in [-0.3, -0.25) is 0 Å². The van der Waals surface area contributed by atoms with Gasteiger partial charge >= 0.3 is 0 Å². The quantitative estimate of drug-likeness (QED) is 0.629. The fourth-order valence-electron chi connectivity index (χ4n) is 3.19. The first-order valence-electron chi connectivity index (χ1n) is 9.11. The predicted octanol–water partition coefficient (Wildman–Crippen LogP) is 3.65. The summed E-state index contributed by atoms with van der Waals surface area (Å²) in [6.07, 6.45) is 14.3. The smallest absolute Gasteiger partial charge is 0.187 e. The van der Waals surface area contributed by atoms with E-state index in [0.29, 0.717) is 0 Å². The van der Waals surface area contributed by atoms with E-state index in [1.165, 1.54) is 37.7 Å². The molecule has 0 aromatic carbocycles. The fraction of sp³-hybridized carbons (Fsp3) is 0.526. The first-order valence-corrected chi connectivity index (χ1v) is 10.3. The van der Waals surface area contributed by atoms with Crippen LogP contribution in [0.2, 0.25) is 0 Å². The Morgan fingerprint density at radius 3 is 2.44 bits per heavy atom. The summed E-state index contributed by atoms with van der Waals surface area (Å²) in [6.45, 7) is 3.81. The maximum atomic E-state index is 4.68. The number of pyridine rings is 1. The molecule has 0 bridgehead atoms. The van der Waals surface area contributed by atoms with Crippen LogP contribution in [0.15, 0.2) is 35.9 Å². The van der Waals surface area contributed by atoms with Crippen molar-refractivity contribution in [2.45, 2.75) is 50.4 Å². The van der Waals surface area contributed by atoms with Crippen molar-refractivity contribution < 1.29 is 0 Å². The second kappa shape index (κ2) is 9.73. The minimum absolute atomic E-state index is 0.767. The Kier molecular flexibility index (Phi) is 7.06. The number of anilines is 1. The summed E-state index contributed by atoms with van der Waals surface area (Å²) in [5.74, 6) is 1.14. The minimum atomic E-state index is 0.767. The first kappa shape index (κ1) is 18.1. The van der Waals surface area contributed by atoms with E-state index >= 15 is 0 Å². The van der Waals surface area contributed by atoms with Crippen molar-refractivity contribution in [3.63, 3.8) is 0 Å². The Morgan fingerprint density at radius 2 is 1.72 bits per heavy atom. The lowest BCUT2D eigenvalue weighted by atomic mass is 10.1. The van der Waals surface area contributed by atoms with Gasteiger partial charge in [0.05, 0.1) is 0 Å². The molecule has 0 atom stereocenters. The van der Waals surface area contributed by atoms with Crippen LogP contribution in [0.1, 0.15) is 43.2 Å². The van der Waals surface area contributed by atoms with Gasteiger partial charge in [-0.15, -0.1) is 0 Å². The third-order valence-electron chi connectivity index (χ3n) is 4.53. The van der Waals surface area contributed by atoms with E-state index in [1.807, 2.05) is 30.9 Å². The van der Waals surface area contributed by atoms with Gasteiger partial charge in [-0.1, -0.05) is 37.1 Å². The molecule has 2 aromatic rings. The highest BCUT2D eigenvalue weighted by molar-refractivity contribution is 7.98. The lowest BCUT2D eigenvalue weighted by Crippen LogP contribution is -2.29.